The lowest BCUT2D eigenvalue weighted by Crippen LogP contribution is -2.40. The van der Waals surface area contributed by atoms with Gasteiger partial charge in [-0.1, -0.05) is 30.2 Å². The number of rotatable bonds is 4. The molecule has 0 aliphatic carbocycles. The fraction of sp³-hybridized carbons (Fsp3) is 0.0833. The Morgan fingerprint density at radius 3 is 2.81 bits per heavy atom. The summed E-state index contributed by atoms with van der Waals surface area (Å²) in [6.07, 6.45) is 9.08. The Morgan fingerprint density at radius 1 is 1.22 bits per heavy atom. The van der Waals surface area contributed by atoms with Crippen LogP contribution in [-0.4, -0.2) is 25.5 Å². The Hall–Kier alpha value is -4.64. The maximum atomic E-state index is 13.2. The van der Waals surface area contributed by atoms with Crippen molar-refractivity contribution < 1.29 is 9.36 Å². The lowest BCUT2D eigenvalue weighted by Gasteiger charge is -2.11. The van der Waals surface area contributed by atoms with Gasteiger partial charge in [0.05, 0.1) is 5.56 Å². The van der Waals surface area contributed by atoms with Crippen molar-refractivity contribution in [2.75, 3.05) is 5.73 Å². The predicted molar refractivity (Wildman–Crippen MR) is 121 cm³/mol. The highest BCUT2D eigenvalue weighted by atomic mass is 16.1. The van der Waals surface area contributed by atoms with Gasteiger partial charge in [0, 0.05) is 12.4 Å². The number of hydrogen-bond acceptors (Lipinski definition) is 4. The minimum atomic E-state index is -0.404. The fourth-order valence-corrected chi connectivity index (χ4v) is 3.92. The largest absolute Gasteiger partial charge is 0.381 e. The van der Waals surface area contributed by atoms with Gasteiger partial charge in [0.15, 0.2) is 22.5 Å². The van der Waals surface area contributed by atoms with Crippen LogP contribution in [-0.2, 0) is 0 Å². The quantitative estimate of drug-likeness (QED) is 0.306. The Bertz CT molecular complexity index is 1510. The number of nitrogens with one attached hydrogen (secondary N) is 2. The van der Waals surface area contributed by atoms with Crippen molar-refractivity contribution in [3.05, 3.63) is 83.9 Å². The molecule has 0 saturated carbocycles. The molecule has 0 fully saturated rings. The van der Waals surface area contributed by atoms with Gasteiger partial charge in [0.1, 0.15) is 17.3 Å². The minimum Gasteiger partial charge on any atom is -0.381 e. The molecule has 1 atom stereocenters. The van der Waals surface area contributed by atoms with Gasteiger partial charge in [-0.25, -0.2) is 14.5 Å². The van der Waals surface area contributed by atoms with E-state index < -0.39 is 6.04 Å². The maximum Gasteiger partial charge on any atom is 0.283 e. The molecule has 0 aliphatic rings. The van der Waals surface area contributed by atoms with Crippen LogP contribution in [0.2, 0.25) is 0 Å². The Labute approximate surface area is 183 Å². The third kappa shape index (κ3) is 3.04. The smallest absolute Gasteiger partial charge is 0.283 e. The minimum absolute atomic E-state index is 0.121. The van der Waals surface area contributed by atoms with Crippen LogP contribution in [0, 0.1) is 12.3 Å². The van der Waals surface area contributed by atoms with E-state index in [0.717, 1.165) is 28.1 Å². The van der Waals surface area contributed by atoms with Crippen molar-refractivity contribution in [2.24, 2.45) is 0 Å². The van der Waals surface area contributed by atoms with Gasteiger partial charge in [-0.05, 0) is 37.3 Å². The summed E-state index contributed by atoms with van der Waals surface area (Å²) in [5, 5.41) is 7.20. The summed E-state index contributed by atoms with van der Waals surface area (Å²) < 4.78 is 3.52. The zero-order chi connectivity index (χ0) is 22.2. The monoisotopic (exact) mass is 422 g/mol. The first-order chi connectivity index (χ1) is 15.6. The Kier molecular flexibility index (Phi) is 4.57. The molecule has 5 aromatic rings. The fourth-order valence-electron chi connectivity index (χ4n) is 3.92. The molecule has 1 amide bonds. The van der Waals surface area contributed by atoms with Gasteiger partial charge >= 0.3 is 0 Å². The SMILES string of the molecule is C#Cc1cccc2[nH]c([C@@H](C)NC(=O)c3c(N)nn4cccnc34)[n+](-c3ccccc3)c12. The molecule has 156 valence electrons. The van der Waals surface area contributed by atoms with E-state index in [1.165, 1.54) is 4.52 Å². The van der Waals surface area contributed by atoms with Crippen molar-refractivity contribution in [1.29, 1.82) is 0 Å². The third-order valence-corrected chi connectivity index (χ3v) is 5.34. The second-order valence-corrected chi connectivity index (χ2v) is 7.37. The summed E-state index contributed by atoms with van der Waals surface area (Å²) in [5.74, 6) is 3.29. The van der Waals surface area contributed by atoms with Crippen molar-refractivity contribution >= 4 is 28.4 Å². The Balaban J connectivity index is 1.61. The summed E-state index contributed by atoms with van der Waals surface area (Å²) in [6, 6.07) is 16.9. The number of imidazole rings is 1. The predicted octanol–water partition coefficient (Wildman–Crippen LogP) is 2.54. The molecular weight excluding hydrogens is 402 g/mol. The molecule has 0 radical (unpaired) electrons. The van der Waals surface area contributed by atoms with Gasteiger partial charge in [0.25, 0.3) is 11.7 Å². The number of amides is 1. The van der Waals surface area contributed by atoms with Crippen molar-refractivity contribution in [3.8, 4) is 18.0 Å². The average molecular weight is 422 g/mol. The van der Waals surface area contributed by atoms with Crippen LogP contribution in [0.25, 0.3) is 22.4 Å². The summed E-state index contributed by atoms with van der Waals surface area (Å²) in [6.45, 7) is 1.90. The first kappa shape index (κ1) is 19.3. The normalized spacial score (nSPS) is 12.0. The summed E-state index contributed by atoms with van der Waals surface area (Å²) in [7, 11) is 0. The second kappa shape index (κ2) is 7.56. The van der Waals surface area contributed by atoms with E-state index in [2.05, 4.69) is 26.3 Å². The number of nitrogens with zero attached hydrogens (tertiary/aromatic N) is 4. The third-order valence-electron chi connectivity index (χ3n) is 5.34. The lowest BCUT2D eigenvalue weighted by molar-refractivity contribution is -0.578. The molecule has 32 heavy (non-hydrogen) atoms. The highest BCUT2D eigenvalue weighted by Crippen LogP contribution is 2.22. The molecule has 3 aromatic heterocycles. The maximum absolute atomic E-state index is 13.2. The van der Waals surface area contributed by atoms with Crippen LogP contribution in [0.5, 0.6) is 0 Å². The first-order valence-electron chi connectivity index (χ1n) is 10.1. The van der Waals surface area contributed by atoms with E-state index in [4.69, 9.17) is 12.2 Å². The van der Waals surface area contributed by atoms with Crippen LogP contribution in [0.15, 0.2) is 67.0 Å². The molecule has 0 saturated heterocycles. The molecule has 8 heteroatoms. The molecule has 4 N–H and O–H groups in total. The number of fused-ring (bicyclic) bond motifs is 2. The van der Waals surface area contributed by atoms with Gasteiger partial charge < -0.3 is 11.1 Å². The van der Waals surface area contributed by atoms with E-state index >= 15 is 0 Å². The number of nitrogen functional groups attached to an aromatic ring is 1. The van der Waals surface area contributed by atoms with Gasteiger partial charge in [-0.3, -0.25) is 4.79 Å². The van der Waals surface area contributed by atoms with Crippen LogP contribution in [0.1, 0.15) is 34.7 Å². The van der Waals surface area contributed by atoms with Gasteiger partial charge in [-0.2, -0.15) is 4.57 Å². The number of hydrogen-bond donors (Lipinski definition) is 3. The average Bonchev–Trinajstić information content (AvgIpc) is 3.36. The number of aromatic amines is 1. The van der Waals surface area contributed by atoms with E-state index in [1.807, 2.05) is 60.0 Å². The summed E-state index contributed by atoms with van der Waals surface area (Å²) in [4.78, 5) is 20.8. The zero-order valence-electron chi connectivity index (χ0n) is 17.3. The number of benzene rings is 2. The molecule has 0 bridgehead atoms. The number of nitrogens with two attached hydrogens (primary N) is 1. The number of carbonyl (C=O) groups is 1. The van der Waals surface area contributed by atoms with Crippen molar-refractivity contribution in [3.63, 3.8) is 0 Å². The van der Waals surface area contributed by atoms with Gasteiger partial charge in [0.2, 0.25) is 0 Å². The molecule has 0 aliphatic heterocycles. The molecular formula is C24H20N7O+. The van der Waals surface area contributed by atoms with E-state index in [0.29, 0.717) is 5.65 Å². The van der Waals surface area contributed by atoms with E-state index in [-0.39, 0.29) is 17.3 Å². The molecule has 5 rings (SSSR count). The number of terminal acetylenes is 1. The number of carbonyl (C=O) groups excluding carboxylic acids is 1. The second-order valence-electron chi connectivity index (χ2n) is 7.37. The van der Waals surface area contributed by atoms with Crippen LogP contribution in [0.3, 0.4) is 0 Å². The van der Waals surface area contributed by atoms with Gasteiger partial charge in [-0.15, -0.1) is 11.5 Å². The van der Waals surface area contributed by atoms with Crippen molar-refractivity contribution in [1.82, 2.24) is 24.9 Å². The van der Waals surface area contributed by atoms with E-state index in [9.17, 15) is 4.79 Å². The summed E-state index contributed by atoms with van der Waals surface area (Å²) >= 11 is 0. The van der Waals surface area contributed by atoms with E-state index in [1.54, 1.807) is 18.5 Å². The molecule has 2 aromatic carbocycles. The zero-order valence-corrected chi connectivity index (χ0v) is 17.3. The molecule has 0 spiro atoms. The summed E-state index contributed by atoms with van der Waals surface area (Å²) in [5.41, 5.74) is 10.1. The van der Waals surface area contributed by atoms with Crippen LogP contribution >= 0.6 is 0 Å². The Morgan fingerprint density at radius 2 is 2.03 bits per heavy atom. The van der Waals surface area contributed by atoms with Crippen LogP contribution in [0.4, 0.5) is 5.82 Å². The highest BCUT2D eigenvalue weighted by Gasteiger charge is 2.29. The number of para-hydroxylation sites is 2. The topological polar surface area (TPSA) is 105 Å². The molecule has 3 heterocycles. The number of H-pyrrole nitrogens is 1. The molecule has 8 nitrogen and oxygen atoms in total. The standard InChI is InChI=1S/C24H19N7O/c1-3-16-9-7-12-18-20(16)31(17-10-5-4-6-11-17)22(28-18)15(2)27-24(32)19-21(25)29-30-14-8-13-26-23(19)30/h1,4-15H,2H3,(H3,25,27,29,32)/p+1/t15-/m1/s1. The highest BCUT2D eigenvalue weighted by molar-refractivity contribution is 6.04. The van der Waals surface area contributed by atoms with Crippen LogP contribution < -0.4 is 15.6 Å². The molecule has 0 unspecified atom stereocenters. The number of aromatic nitrogens is 5. The lowest BCUT2D eigenvalue weighted by atomic mass is 10.2. The van der Waals surface area contributed by atoms with Crippen molar-refractivity contribution in [2.45, 2.75) is 13.0 Å². The number of anilines is 1. The first-order valence-corrected chi connectivity index (χ1v) is 10.1.